The zero-order chi connectivity index (χ0) is 12.3. The highest BCUT2D eigenvalue weighted by Gasteiger charge is 2.19. The normalized spacial score (nSPS) is 17.2. The van der Waals surface area contributed by atoms with Crippen LogP contribution < -0.4 is 4.74 Å². The number of hydrogen-bond acceptors (Lipinski definition) is 5. The summed E-state index contributed by atoms with van der Waals surface area (Å²) in [6.07, 6.45) is 1.72. The molecule has 0 aromatic heterocycles. The van der Waals surface area contributed by atoms with Gasteiger partial charge < -0.3 is 14.6 Å². The molecule has 1 saturated heterocycles. The molecule has 0 unspecified atom stereocenters. The number of phenols is 1. The number of esters is 1. The average Bonchev–Trinajstić information content (AvgIpc) is 2.70. The molecular weight excluding hydrogens is 240 g/mol. The van der Waals surface area contributed by atoms with Crippen molar-refractivity contribution in [2.45, 2.75) is 6.92 Å². The molecule has 0 bridgehead atoms. The number of phenolic OH excluding ortho intramolecular Hbond substituents is 1. The van der Waals surface area contributed by atoms with E-state index in [0.29, 0.717) is 23.2 Å². The first-order chi connectivity index (χ1) is 8.20. The van der Waals surface area contributed by atoms with Crippen molar-refractivity contribution in [1.82, 2.24) is 0 Å². The molecule has 0 atom stereocenters. The molecule has 1 heterocycles. The predicted molar refractivity (Wildman–Crippen MR) is 65.8 cm³/mol. The molecule has 0 amide bonds. The summed E-state index contributed by atoms with van der Waals surface area (Å²) in [5.74, 6) is 0.566. The monoisotopic (exact) mass is 252 g/mol. The summed E-state index contributed by atoms with van der Waals surface area (Å²) in [5.41, 5.74) is 0.799. The van der Waals surface area contributed by atoms with Crippen molar-refractivity contribution in [2.75, 3.05) is 12.5 Å². The van der Waals surface area contributed by atoms with Crippen LogP contribution in [-0.4, -0.2) is 23.6 Å². The summed E-state index contributed by atoms with van der Waals surface area (Å²) >= 11 is 1.35. The molecule has 1 fully saturated rings. The van der Waals surface area contributed by atoms with Gasteiger partial charge in [0, 0.05) is 0 Å². The number of aromatic hydroxyl groups is 1. The lowest BCUT2D eigenvalue weighted by Crippen LogP contribution is -1.94. The number of rotatable bonds is 3. The Hall–Kier alpha value is -1.62. The lowest BCUT2D eigenvalue weighted by Gasteiger charge is -2.06. The van der Waals surface area contributed by atoms with Gasteiger partial charge in [0.2, 0.25) is 0 Å². The second kappa shape index (κ2) is 5.14. The molecule has 5 heteroatoms. The Morgan fingerprint density at radius 2 is 2.41 bits per heavy atom. The van der Waals surface area contributed by atoms with Crippen molar-refractivity contribution in [1.29, 1.82) is 0 Å². The van der Waals surface area contributed by atoms with Gasteiger partial charge in [-0.25, -0.2) is 4.79 Å². The molecule has 0 spiro atoms. The van der Waals surface area contributed by atoms with Crippen LogP contribution in [-0.2, 0) is 9.53 Å². The number of benzene rings is 1. The SMILES string of the molecule is CCOc1cc(/C=C2\SCOC2=O)ccc1O. The van der Waals surface area contributed by atoms with E-state index in [1.165, 1.54) is 11.8 Å². The van der Waals surface area contributed by atoms with E-state index in [1.807, 2.05) is 6.92 Å². The first-order valence-corrected chi connectivity index (χ1v) is 6.16. The highest BCUT2D eigenvalue weighted by Crippen LogP contribution is 2.31. The maximum absolute atomic E-state index is 11.3. The third-order valence-corrected chi connectivity index (χ3v) is 3.02. The lowest BCUT2D eigenvalue weighted by atomic mass is 10.2. The highest BCUT2D eigenvalue weighted by atomic mass is 32.2. The van der Waals surface area contributed by atoms with Gasteiger partial charge in [-0.2, -0.15) is 0 Å². The summed E-state index contributed by atoms with van der Waals surface area (Å²) in [6.45, 7) is 2.32. The van der Waals surface area contributed by atoms with Crippen LogP contribution in [0.4, 0.5) is 0 Å². The van der Waals surface area contributed by atoms with Crippen LogP contribution in [0.25, 0.3) is 6.08 Å². The minimum atomic E-state index is -0.305. The molecule has 4 nitrogen and oxygen atoms in total. The van der Waals surface area contributed by atoms with E-state index in [-0.39, 0.29) is 11.7 Å². The molecule has 17 heavy (non-hydrogen) atoms. The number of ether oxygens (including phenoxy) is 2. The van der Waals surface area contributed by atoms with Gasteiger partial charge in [0.25, 0.3) is 0 Å². The Balaban J connectivity index is 2.27. The molecule has 1 N–H and O–H groups in total. The van der Waals surface area contributed by atoms with Gasteiger partial charge in [-0.05, 0) is 30.7 Å². The number of carbonyl (C=O) groups is 1. The number of cyclic esters (lactones) is 1. The zero-order valence-electron chi connectivity index (χ0n) is 9.30. The van der Waals surface area contributed by atoms with Gasteiger partial charge in [0.1, 0.15) is 5.94 Å². The lowest BCUT2D eigenvalue weighted by molar-refractivity contribution is -0.134. The minimum Gasteiger partial charge on any atom is -0.504 e. The Labute approximate surface area is 103 Å². The second-order valence-corrected chi connectivity index (χ2v) is 4.33. The Bertz CT molecular complexity index is 468. The summed E-state index contributed by atoms with van der Waals surface area (Å²) < 4.78 is 10.1. The van der Waals surface area contributed by atoms with Crippen LogP contribution in [0.2, 0.25) is 0 Å². The third kappa shape index (κ3) is 2.74. The van der Waals surface area contributed by atoms with Crippen molar-refractivity contribution < 1.29 is 19.4 Å². The molecule has 1 aliphatic rings. The van der Waals surface area contributed by atoms with E-state index < -0.39 is 0 Å². The van der Waals surface area contributed by atoms with Crippen molar-refractivity contribution in [2.24, 2.45) is 0 Å². The largest absolute Gasteiger partial charge is 0.504 e. The van der Waals surface area contributed by atoms with Crippen molar-refractivity contribution in [3.63, 3.8) is 0 Å². The van der Waals surface area contributed by atoms with Crippen LogP contribution in [0.1, 0.15) is 12.5 Å². The van der Waals surface area contributed by atoms with Gasteiger partial charge in [0.15, 0.2) is 11.5 Å². The molecule has 0 saturated carbocycles. The Morgan fingerprint density at radius 1 is 1.59 bits per heavy atom. The maximum Gasteiger partial charge on any atom is 0.345 e. The molecule has 2 rings (SSSR count). The van der Waals surface area contributed by atoms with Crippen LogP contribution in [0.3, 0.4) is 0 Å². The van der Waals surface area contributed by atoms with Crippen molar-refractivity contribution >= 4 is 23.8 Å². The molecule has 0 radical (unpaired) electrons. The van der Waals surface area contributed by atoms with E-state index in [2.05, 4.69) is 0 Å². The summed E-state index contributed by atoms with van der Waals surface area (Å²) in [5, 5.41) is 9.54. The van der Waals surface area contributed by atoms with E-state index in [1.54, 1.807) is 24.3 Å². The maximum atomic E-state index is 11.3. The molecule has 1 aliphatic heterocycles. The van der Waals surface area contributed by atoms with E-state index in [0.717, 1.165) is 5.56 Å². The zero-order valence-corrected chi connectivity index (χ0v) is 10.1. The fourth-order valence-corrected chi connectivity index (χ4v) is 2.11. The highest BCUT2D eigenvalue weighted by molar-refractivity contribution is 8.04. The Morgan fingerprint density at radius 3 is 3.06 bits per heavy atom. The van der Waals surface area contributed by atoms with Gasteiger partial charge >= 0.3 is 5.97 Å². The quantitative estimate of drug-likeness (QED) is 0.661. The van der Waals surface area contributed by atoms with Crippen LogP contribution in [0.5, 0.6) is 11.5 Å². The summed E-state index contributed by atoms with van der Waals surface area (Å²) in [7, 11) is 0. The second-order valence-electron chi connectivity index (χ2n) is 3.36. The number of carbonyl (C=O) groups excluding carboxylic acids is 1. The number of thioether (sulfide) groups is 1. The van der Waals surface area contributed by atoms with Crippen LogP contribution in [0, 0.1) is 0 Å². The van der Waals surface area contributed by atoms with E-state index >= 15 is 0 Å². The first kappa shape index (κ1) is 11.9. The topological polar surface area (TPSA) is 55.8 Å². The molecule has 0 aliphatic carbocycles. The number of hydrogen-bond donors (Lipinski definition) is 1. The van der Waals surface area contributed by atoms with Crippen molar-refractivity contribution in [3.8, 4) is 11.5 Å². The molecule has 90 valence electrons. The summed E-state index contributed by atoms with van der Waals surface area (Å²) in [4.78, 5) is 11.8. The van der Waals surface area contributed by atoms with Gasteiger partial charge in [-0.15, -0.1) is 0 Å². The predicted octanol–water partition coefficient (Wildman–Crippen LogP) is 2.38. The minimum absolute atomic E-state index is 0.0932. The average molecular weight is 252 g/mol. The fraction of sp³-hybridized carbons (Fsp3) is 0.250. The van der Waals surface area contributed by atoms with Crippen LogP contribution in [0.15, 0.2) is 23.1 Å². The van der Waals surface area contributed by atoms with Crippen molar-refractivity contribution in [3.05, 3.63) is 28.7 Å². The van der Waals surface area contributed by atoms with E-state index in [4.69, 9.17) is 9.47 Å². The van der Waals surface area contributed by atoms with Crippen LogP contribution >= 0.6 is 11.8 Å². The Kier molecular flexibility index (Phi) is 3.58. The van der Waals surface area contributed by atoms with Gasteiger partial charge in [-0.3, -0.25) is 0 Å². The summed E-state index contributed by atoms with van der Waals surface area (Å²) in [6, 6.07) is 4.96. The molecular formula is C12H12O4S. The first-order valence-electron chi connectivity index (χ1n) is 5.18. The van der Waals surface area contributed by atoms with Gasteiger partial charge in [0.05, 0.1) is 11.5 Å². The molecule has 1 aromatic carbocycles. The fourth-order valence-electron chi connectivity index (χ4n) is 1.42. The molecule has 1 aromatic rings. The standard InChI is InChI=1S/C12H12O4S/c1-2-15-10-5-8(3-4-9(10)13)6-11-12(14)16-7-17-11/h3-6,13H,2,7H2,1H3/b11-6-. The smallest absolute Gasteiger partial charge is 0.345 e. The van der Waals surface area contributed by atoms with Gasteiger partial charge in [-0.1, -0.05) is 17.8 Å². The van der Waals surface area contributed by atoms with E-state index in [9.17, 15) is 9.90 Å². The third-order valence-electron chi connectivity index (χ3n) is 2.19.